The topological polar surface area (TPSA) is 29.1 Å². The van der Waals surface area contributed by atoms with Crippen LogP contribution < -0.4 is 5.32 Å². The van der Waals surface area contributed by atoms with Crippen molar-refractivity contribution in [3.8, 4) is 0 Å². The van der Waals surface area contributed by atoms with Crippen LogP contribution in [-0.2, 0) is 0 Å². The highest BCUT2D eigenvalue weighted by molar-refractivity contribution is 9.12. The first-order valence-corrected chi connectivity index (χ1v) is 8.68. The van der Waals surface area contributed by atoms with Crippen molar-refractivity contribution in [3.63, 3.8) is 0 Å². The maximum absolute atomic E-state index is 12.2. The van der Waals surface area contributed by atoms with E-state index in [0.717, 1.165) is 17.6 Å². The number of nitrogens with one attached hydrogen (secondary N) is 1. The van der Waals surface area contributed by atoms with Crippen molar-refractivity contribution in [1.82, 2.24) is 5.32 Å². The van der Waals surface area contributed by atoms with Crippen molar-refractivity contribution >= 4 is 65.0 Å². The summed E-state index contributed by atoms with van der Waals surface area (Å²) in [6, 6.07) is 9.70. The lowest BCUT2D eigenvalue weighted by Crippen LogP contribution is -2.26. The molecule has 1 aromatic carbocycles. The molecular formula is C13H10Br3NOS. The van der Waals surface area contributed by atoms with Crippen molar-refractivity contribution in [2.24, 2.45) is 0 Å². The molecule has 6 heteroatoms. The fourth-order valence-corrected chi connectivity index (χ4v) is 4.66. The van der Waals surface area contributed by atoms with Gasteiger partial charge in [-0.05, 0) is 62.5 Å². The van der Waals surface area contributed by atoms with E-state index in [0.29, 0.717) is 5.56 Å². The van der Waals surface area contributed by atoms with Gasteiger partial charge >= 0.3 is 0 Å². The molecule has 0 radical (unpaired) electrons. The maximum atomic E-state index is 12.2. The molecule has 0 saturated carbocycles. The summed E-state index contributed by atoms with van der Waals surface area (Å²) in [7, 11) is 0. The minimum absolute atomic E-state index is 0.0359. The molecule has 2 aromatic rings. The van der Waals surface area contributed by atoms with Gasteiger partial charge in [0.25, 0.3) is 5.91 Å². The van der Waals surface area contributed by atoms with Gasteiger partial charge in [0.05, 0.1) is 19.2 Å². The molecule has 0 spiro atoms. The van der Waals surface area contributed by atoms with Crippen molar-refractivity contribution in [1.29, 1.82) is 0 Å². The Morgan fingerprint density at radius 3 is 2.37 bits per heavy atom. The summed E-state index contributed by atoms with van der Waals surface area (Å²) < 4.78 is 2.79. The molecule has 0 fully saturated rings. The fourth-order valence-electron chi connectivity index (χ4n) is 1.60. The number of halogens is 3. The number of hydrogen-bond donors (Lipinski definition) is 1. The number of amides is 1. The highest BCUT2D eigenvalue weighted by atomic mass is 79.9. The molecule has 0 aliphatic heterocycles. The standard InChI is InChI=1S/C13H10Br3NOS/c1-7(8-2-4-9(14)5-3-8)17-13(18)10-6-11(15)19-12(10)16/h2-7H,1H3,(H,17,18). The van der Waals surface area contributed by atoms with E-state index in [1.54, 1.807) is 0 Å². The molecule has 19 heavy (non-hydrogen) atoms. The van der Waals surface area contributed by atoms with Crippen LogP contribution in [0.2, 0.25) is 0 Å². The summed E-state index contributed by atoms with van der Waals surface area (Å²) in [6.45, 7) is 1.97. The molecule has 0 aliphatic carbocycles. The Kier molecular flexibility index (Phi) is 5.22. The molecule has 2 rings (SSSR count). The quantitative estimate of drug-likeness (QED) is 0.632. The van der Waals surface area contributed by atoms with Crippen molar-refractivity contribution in [3.05, 3.63) is 53.5 Å². The molecule has 1 aromatic heterocycles. The maximum Gasteiger partial charge on any atom is 0.253 e. The number of carbonyl (C=O) groups is 1. The van der Waals surface area contributed by atoms with Crippen LogP contribution in [0.3, 0.4) is 0 Å². The van der Waals surface area contributed by atoms with Gasteiger partial charge in [0, 0.05) is 4.47 Å². The van der Waals surface area contributed by atoms with Gasteiger partial charge in [-0.25, -0.2) is 0 Å². The summed E-state index contributed by atoms with van der Waals surface area (Å²) >= 11 is 11.7. The third-order valence-electron chi connectivity index (χ3n) is 2.62. The van der Waals surface area contributed by atoms with E-state index in [1.165, 1.54) is 11.3 Å². The Bertz CT molecular complexity index is 594. The molecule has 1 heterocycles. The second-order valence-electron chi connectivity index (χ2n) is 3.98. The van der Waals surface area contributed by atoms with E-state index in [4.69, 9.17) is 0 Å². The molecule has 2 nitrogen and oxygen atoms in total. The lowest BCUT2D eigenvalue weighted by Gasteiger charge is -2.14. The zero-order valence-corrected chi connectivity index (χ0v) is 15.5. The van der Waals surface area contributed by atoms with E-state index in [2.05, 4.69) is 53.1 Å². The molecule has 1 amide bonds. The number of hydrogen-bond acceptors (Lipinski definition) is 2. The molecule has 0 aliphatic rings. The van der Waals surface area contributed by atoms with Crippen molar-refractivity contribution < 1.29 is 4.79 Å². The van der Waals surface area contributed by atoms with Gasteiger partial charge in [-0.3, -0.25) is 4.79 Å². The lowest BCUT2D eigenvalue weighted by atomic mass is 10.1. The number of carbonyl (C=O) groups excluding carboxylic acids is 1. The van der Waals surface area contributed by atoms with Crippen LogP contribution in [0.5, 0.6) is 0 Å². The molecule has 1 atom stereocenters. The predicted octanol–water partition coefficient (Wildman–Crippen LogP) is 5.53. The monoisotopic (exact) mass is 465 g/mol. The molecule has 1 N–H and O–H groups in total. The van der Waals surface area contributed by atoms with Gasteiger partial charge in [-0.15, -0.1) is 11.3 Å². The first-order chi connectivity index (χ1) is 8.97. The van der Waals surface area contributed by atoms with Crippen LogP contribution >= 0.6 is 59.1 Å². The Labute approximate surface area is 141 Å². The number of rotatable bonds is 3. The Morgan fingerprint density at radius 1 is 1.21 bits per heavy atom. The minimum atomic E-state index is -0.0794. The normalized spacial score (nSPS) is 12.2. The zero-order chi connectivity index (χ0) is 14.0. The number of thiophene rings is 1. The average molecular weight is 468 g/mol. The van der Waals surface area contributed by atoms with Crippen LogP contribution in [0.4, 0.5) is 0 Å². The summed E-state index contributed by atoms with van der Waals surface area (Å²) in [6.07, 6.45) is 0. The molecular weight excluding hydrogens is 458 g/mol. The first-order valence-electron chi connectivity index (χ1n) is 5.48. The van der Waals surface area contributed by atoms with Crippen LogP contribution in [0.1, 0.15) is 28.9 Å². The van der Waals surface area contributed by atoms with Gasteiger partial charge in [0.15, 0.2) is 0 Å². The number of benzene rings is 1. The Hall–Kier alpha value is -0.170. The van der Waals surface area contributed by atoms with Gasteiger partial charge in [-0.2, -0.15) is 0 Å². The van der Waals surface area contributed by atoms with Crippen molar-refractivity contribution in [2.45, 2.75) is 13.0 Å². The van der Waals surface area contributed by atoms with E-state index < -0.39 is 0 Å². The summed E-state index contributed by atoms with van der Waals surface area (Å²) in [5.74, 6) is -0.0794. The largest absolute Gasteiger partial charge is 0.345 e. The van der Waals surface area contributed by atoms with Crippen LogP contribution in [0.15, 0.2) is 42.4 Å². The highest BCUT2D eigenvalue weighted by Gasteiger charge is 2.16. The van der Waals surface area contributed by atoms with Gasteiger partial charge < -0.3 is 5.32 Å². The minimum Gasteiger partial charge on any atom is -0.345 e. The van der Waals surface area contributed by atoms with E-state index in [1.807, 2.05) is 37.3 Å². The molecule has 0 bridgehead atoms. The van der Waals surface area contributed by atoms with Gasteiger partial charge in [0.2, 0.25) is 0 Å². The molecule has 100 valence electrons. The highest BCUT2D eigenvalue weighted by Crippen LogP contribution is 2.32. The van der Waals surface area contributed by atoms with E-state index in [-0.39, 0.29) is 11.9 Å². The second kappa shape index (κ2) is 6.52. The third kappa shape index (κ3) is 3.90. The smallest absolute Gasteiger partial charge is 0.253 e. The fraction of sp³-hybridized carbons (Fsp3) is 0.154. The molecule has 1 unspecified atom stereocenters. The average Bonchev–Trinajstić information content (AvgIpc) is 2.69. The van der Waals surface area contributed by atoms with Gasteiger partial charge in [0.1, 0.15) is 0 Å². The van der Waals surface area contributed by atoms with Crippen LogP contribution in [0.25, 0.3) is 0 Å². The Morgan fingerprint density at radius 2 is 1.84 bits per heavy atom. The van der Waals surface area contributed by atoms with Gasteiger partial charge in [-0.1, -0.05) is 28.1 Å². The summed E-state index contributed by atoms with van der Waals surface area (Å²) in [5, 5.41) is 2.99. The SMILES string of the molecule is CC(NC(=O)c1cc(Br)sc1Br)c1ccc(Br)cc1. The lowest BCUT2D eigenvalue weighted by molar-refractivity contribution is 0.0939. The summed E-state index contributed by atoms with van der Waals surface area (Å²) in [4.78, 5) is 12.2. The predicted molar refractivity (Wildman–Crippen MR) is 89.7 cm³/mol. The van der Waals surface area contributed by atoms with E-state index >= 15 is 0 Å². The third-order valence-corrected chi connectivity index (χ3v) is 5.49. The van der Waals surface area contributed by atoms with Crippen LogP contribution in [-0.4, -0.2) is 5.91 Å². The second-order valence-corrected chi connectivity index (χ2v) is 8.65. The zero-order valence-electron chi connectivity index (χ0n) is 9.91. The molecule has 0 saturated heterocycles. The van der Waals surface area contributed by atoms with Crippen molar-refractivity contribution in [2.75, 3.05) is 0 Å². The summed E-state index contributed by atoms with van der Waals surface area (Å²) in [5.41, 5.74) is 1.72. The van der Waals surface area contributed by atoms with E-state index in [9.17, 15) is 4.79 Å². The van der Waals surface area contributed by atoms with Crippen LogP contribution in [0, 0.1) is 0 Å². The Balaban J connectivity index is 2.10. The first kappa shape index (κ1) is 15.2.